The Bertz CT molecular complexity index is 1310. The average molecular weight is 474 g/mol. The van der Waals surface area contributed by atoms with E-state index in [1.54, 1.807) is 0 Å². The topological polar surface area (TPSA) is 92.3 Å². The number of halogens is 4. The molecule has 0 saturated carbocycles. The van der Waals surface area contributed by atoms with Crippen LogP contribution in [0.15, 0.2) is 82.6 Å². The lowest BCUT2D eigenvalue weighted by atomic mass is 10.2. The van der Waals surface area contributed by atoms with Gasteiger partial charge >= 0.3 is 6.18 Å². The Labute approximate surface area is 175 Å². The van der Waals surface area contributed by atoms with Crippen molar-refractivity contribution in [3.63, 3.8) is 0 Å². The second kappa shape index (κ2) is 8.19. The summed E-state index contributed by atoms with van der Waals surface area (Å²) in [6.45, 7) is 0. The monoisotopic (exact) mass is 474 g/mol. The molecule has 164 valence electrons. The second-order valence-electron chi connectivity index (χ2n) is 6.27. The Morgan fingerprint density at radius 3 is 1.74 bits per heavy atom. The lowest BCUT2D eigenvalue weighted by Crippen LogP contribution is -2.16. The lowest BCUT2D eigenvalue weighted by Gasteiger charge is -2.13. The standard InChI is InChI=1S/C19H14F4N2O4S2/c20-14-7-9-17(10-8-14)30(26,27)25-16-5-2-6-18(12-16)31(28,29)24-15-4-1-3-13(11-15)19(21,22)23/h1-12,24-25H. The number of sulfonamides is 2. The smallest absolute Gasteiger partial charge is 0.280 e. The number of nitrogens with one attached hydrogen (secondary N) is 2. The van der Waals surface area contributed by atoms with Gasteiger partial charge in [-0.25, -0.2) is 21.2 Å². The molecule has 3 aromatic rings. The second-order valence-corrected chi connectivity index (χ2v) is 9.64. The molecule has 31 heavy (non-hydrogen) atoms. The molecule has 0 spiro atoms. The van der Waals surface area contributed by atoms with Gasteiger partial charge in [0.15, 0.2) is 0 Å². The Hall–Kier alpha value is -3.12. The molecule has 0 radical (unpaired) electrons. The minimum absolute atomic E-state index is 0.115. The van der Waals surface area contributed by atoms with Crippen LogP contribution >= 0.6 is 0 Å². The molecule has 0 aliphatic carbocycles. The molecule has 3 aromatic carbocycles. The molecular formula is C19H14F4N2O4S2. The third kappa shape index (κ3) is 5.52. The van der Waals surface area contributed by atoms with Crippen LogP contribution in [0, 0.1) is 5.82 Å². The van der Waals surface area contributed by atoms with Gasteiger partial charge in [0.05, 0.1) is 21.0 Å². The first-order valence-electron chi connectivity index (χ1n) is 8.45. The number of benzene rings is 3. The largest absolute Gasteiger partial charge is 0.416 e. The van der Waals surface area contributed by atoms with E-state index < -0.39 is 37.6 Å². The SMILES string of the molecule is O=S(=O)(Nc1cccc(S(=O)(=O)Nc2cccc(C(F)(F)F)c2)c1)c1ccc(F)cc1. The highest BCUT2D eigenvalue weighted by Crippen LogP contribution is 2.31. The predicted octanol–water partition coefficient (Wildman–Crippen LogP) is 4.45. The summed E-state index contributed by atoms with van der Waals surface area (Å²) in [5.41, 5.74) is -1.46. The molecule has 0 atom stereocenters. The molecule has 0 amide bonds. The molecule has 6 nitrogen and oxygen atoms in total. The summed E-state index contributed by atoms with van der Waals surface area (Å²) in [6.07, 6.45) is -4.65. The Kier molecular flexibility index (Phi) is 5.96. The van der Waals surface area contributed by atoms with Crippen molar-refractivity contribution in [2.45, 2.75) is 16.0 Å². The van der Waals surface area contributed by atoms with Gasteiger partial charge in [-0.3, -0.25) is 9.44 Å². The normalized spacial score (nSPS) is 12.4. The molecule has 0 saturated heterocycles. The average Bonchev–Trinajstić information content (AvgIpc) is 2.67. The van der Waals surface area contributed by atoms with Crippen molar-refractivity contribution in [1.29, 1.82) is 0 Å². The summed E-state index contributed by atoms with van der Waals surface area (Å²) in [6, 6.07) is 12.3. The first-order valence-corrected chi connectivity index (χ1v) is 11.4. The highest BCUT2D eigenvalue weighted by Gasteiger charge is 2.30. The molecular weight excluding hydrogens is 460 g/mol. The maximum Gasteiger partial charge on any atom is 0.416 e. The fourth-order valence-electron chi connectivity index (χ4n) is 2.53. The fourth-order valence-corrected chi connectivity index (χ4v) is 4.67. The molecule has 3 rings (SSSR count). The van der Waals surface area contributed by atoms with Gasteiger partial charge in [-0.2, -0.15) is 13.2 Å². The van der Waals surface area contributed by atoms with Gasteiger partial charge in [-0.05, 0) is 60.7 Å². The zero-order chi connectivity index (χ0) is 22.9. The molecule has 0 aliphatic rings. The van der Waals surface area contributed by atoms with Crippen LogP contribution in [0.3, 0.4) is 0 Å². The van der Waals surface area contributed by atoms with Crippen LogP contribution in [0.4, 0.5) is 28.9 Å². The molecule has 2 N–H and O–H groups in total. The molecule has 0 fully saturated rings. The Morgan fingerprint density at radius 1 is 0.645 bits per heavy atom. The molecule has 0 bridgehead atoms. The van der Waals surface area contributed by atoms with Crippen molar-refractivity contribution in [2.75, 3.05) is 9.44 Å². The van der Waals surface area contributed by atoms with Crippen LogP contribution in [0.5, 0.6) is 0 Å². The van der Waals surface area contributed by atoms with Crippen molar-refractivity contribution in [1.82, 2.24) is 0 Å². The minimum atomic E-state index is -4.65. The van der Waals surface area contributed by atoms with E-state index in [0.29, 0.717) is 6.07 Å². The van der Waals surface area contributed by atoms with Crippen LogP contribution in [-0.2, 0) is 26.2 Å². The zero-order valence-corrected chi connectivity index (χ0v) is 17.0. The third-order valence-corrected chi connectivity index (χ3v) is 6.74. The minimum Gasteiger partial charge on any atom is -0.280 e. The summed E-state index contributed by atoms with van der Waals surface area (Å²) in [5.74, 6) is -0.632. The highest BCUT2D eigenvalue weighted by atomic mass is 32.2. The fraction of sp³-hybridized carbons (Fsp3) is 0.0526. The van der Waals surface area contributed by atoms with Gasteiger partial charge in [0, 0.05) is 5.69 Å². The van der Waals surface area contributed by atoms with E-state index in [9.17, 15) is 34.4 Å². The van der Waals surface area contributed by atoms with Gasteiger partial charge in [-0.15, -0.1) is 0 Å². The zero-order valence-electron chi connectivity index (χ0n) is 15.4. The van der Waals surface area contributed by atoms with E-state index in [4.69, 9.17) is 0 Å². The van der Waals surface area contributed by atoms with Crippen LogP contribution in [0.2, 0.25) is 0 Å². The lowest BCUT2D eigenvalue weighted by molar-refractivity contribution is -0.137. The maximum atomic E-state index is 13.0. The molecule has 0 aromatic heterocycles. The van der Waals surface area contributed by atoms with Gasteiger partial charge in [-0.1, -0.05) is 12.1 Å². The van der Waals surface area contributed by atoms with Gasteiger partial charge in [0.1, 0.15) is 5.82 Å². The molecule has 0 unspecified atom stereocenters. The van der Waals surface area contributed by atoms with Crippen molar-refractivity contribution in [3.05, 3.63) is 84.2 Å². The van der Waals surface area contributed by atoms with Gasteiger partial charge in [0.2, 0.25) is 0 Å². The van der Waals surface area contributed by atoms with Crippen molar-refractivity contribution in [2.24, 2.45) is 0 Å². The quantitative estimate of drug-likeness (QED) is 0.517. The van der Waals surface area contributed by atoms with E-state index in [1.807, 2.05) is 4.72 Å². The van der Waals surface area contributed by atoms with Crippen molar-refractivity contribution < 1.29 is 34.4 Å². The summed E-state index contributed by atoms with van der Waals surface area (Å²) >= 11 is 0. The van der Waals surface area contributed by atoms with Crippen LogP contribution in [0.1, 0.15) is 5.56 Å². The first-order chi connectivity index (χ1) is 14.4. The van der Waals surface area contributed by atoms with E-state index in [1.165, 1.54) is 12.1 Å². The number of alkyl halides is 3. The number of anilines is 2. The summed E-state index contributed by atoms with van der Waals surface area (Å²) in [5, 5.41) is 0. The van der Waals surface area contributed by atoms with E-state index in [0.717, 1.165) is 54.6 Å². The van der Waals surface area contributed by atoms with Crippen LogP contribution < -0.4 is 9.44 Å². The number of hydrogen-bond acceptors (Lipinski definition) is 4. The van der Waals surface area contributed by atoms with Crippen LogP contribution in [-0.4, -0.2) is 16.8 Å². The molecule has 0 heterocycles. The third-order valence-electron chi connectivity index (χ3n) is 3.96. The number of rotatable bonds is 6. The predicted molar refractivity (Wildman–Crippen MR) is 106 cm³/mol. The molecule has 12 heteroatoms. The summed E-state index contributed by atoms with van der Waals surface area (Å²) in [4.78, 5) is -0.631. The summed E-state index contributed by atoms with van der Waals surface area (Å²) in [7, 11) is -8.46. The van der Waals surface area contributed by atoms with E-state index in [2.05, 4.69) is 4.72 Å². The Balaban J connectivity index is 1.86. The van der Waals surface area contributed by atoms with E-state index in [-0.39, 0.29) is 21.2 Å². The van der Waals surface area contributed by atoms with Gasteiger partial charge in [0.25, 0.3) is 20.0 Å². The Morgan fingerprint density at radius 2 is 1.16 bits per heavy atom. The maximum absolute atomic E-state index is 13.0. The van der Waals surface area contributed by atoms with Gasteiger partial charge < -0.3 is 0 Å². The van der Waals surface area contributed by atoms with Crippen molar-refractivity contribution in [3.8, 4) is 0 Å². The van der Waals surface area contributed by atoms with Crippen LogP contribution in [0.25, 0.3) is 0 Å². The highest BCUT2D eigenvalue weighted by molar-refractivity contribution is 7.93. The molecule has 0 aliphatic heterocycles. The van der Waals surface area contributed by atoms with Crippen molar-refractivity contribution >= 4 is 31.4 Å². The van der Waals surface area contributed by atoms with E-state index >= 15 is 0 Å². The first kappa shape index (κ1) is 22.6. The number of hydrogen-bond donors (Lipinski definition) is 2. The summed E-state index contributed by atoms with van der Waals surface area (Å²) < 4.78 is 106.